The minimum absolute atomic E-state index is 0.350. The van der Waals surface area contributed by atoms with Crippen molar-refractivity contribution in [3.05, 3.63) is 35.4 Å². The van der Waals surface area contributed by atoms with Crippen molar-refractivity contribution in [2.45, 2.75) is 13.3 Å². The molecular weight excluding hydrogens is 436 g/mol. The Hall–Kier alpha value is -2.95. The van der Waals surface area contributed by atoms with Gasteiger partial charge in [-0.15, -0.1) is 0 Å². The SMILES string of the molecule is Cc1ccc2c(c1)/C(=N\Nc1cc(N3CCOCC3)nc(OCCN3CCOCC3)n1)CCO2. The van der Waals surface area contributed by atoms with Gasteiger partial charge in [-0.1, -0.05) is 11.6 Å². The van der Waals surface area contributed by atoms with Crippen LogP contribution in [0.3, 0.4) is 0 Å². The molecular formula is C24H32N6O4. The first-order chi connectivity index (χ1) is 16.7. The van der Waals surface area contributed by atoms with Gasteiger partial charge in [-0.2, -0.15) is 15.1 Å². The van der Waals surface area contributed by atoms with E-state index in [-0.39, 0.29) is 0 Å². The zero-order valence-corrected chi connectivity index (χ0v) is 19.7. The molecule has 10 nitrogen and oxygen atoms in total. The molecule has 34 heavy (non-hydrogen) atoms. The molecule has 2 saturated heterocycles. The summed E-state index contributed by atoms with van der Waals surface area (Å²) in [5.74, 6) is 2.28. The number of fused-ring (bicyclic) bond motifs is 1. The fraction of sp³-hybridized carbons (Fsp3) is 0.542. The summed E-state index contributed by atoms with van der Waals surface area (Å²) >= 11 is 0. The van der Waals surface area contributed by atoms with Crippen molar-refractivity contribution >= 4 is 17.3 Å². The van der Waals surface area contributed by atoms with E-state index in [2.05, 4.69) is 44.3 Å². The second kappa shape index (κ2) is 11.0. The van der Waals surface area contributed by atoms with Crippen LogP contribution >= 0.6 is 0 Å². The number of hydrogen-bond acceptors (Lipinski definition) is 10. The minimum atomic E-state index is 0.350. The van der Waals surface area contributed by atoms with Crippen LogP contribution in [0.4, 0.5) is 11.6 Å². The molecule has 10 heteroatoms. The average molecular weight is 469 g/mol. The lowest BCUT2D eigenvalue weighted by molar-refractivity contribution is 0.0317. The predicted octanol–water partition coefficient (Wildman–Crippen LogP) is 1.93. The lowest BCUT2D eigenvalue weighted by Crippen LogP contribution is -2.39. The number of benzene rings is 1. The Morgan fingerprint density at radius 1 is 1.00 bits per heavy atom. The highest BCUT2D eigenvalue weighted by Gasteiger charge is 2.19. The number of hydrazone groups is 1. The molecule has 2 fully saturated rings. The highest BCUT2D eigenvalue weighted by Crippen LogP contribution is 2.27. The Morgan fingerprint density at radius 2 is 1.79 bits per heavy atom. The van der Waals surface area contributed by atoms with Gasteiger partial charge < -0.3 is 23.8 Å². The Morgan fingerprint density at radius 3 is 2.62 bits per heavy atom. The van der Waals surface area contributed by atoms with E-state index >= 15 is 0 Å². The first-order valence-electron chi connectivity index (χ1n) is 12.0. The van der Waals surface area contributed by atoms with Crippen molar-refractivity contribution < 1.29 is 18.9 Å². The van der Waals surface area contributed by atoms with Crippen LogP contribution in [0.25, 0.3) is 0 Å². The van der Waals surface area contributed by atoms with Crippen LogP contribution in [0.5, 0.6) is 11.8 Å². The van der Waals surface area contributed by atoms with Gasteiger partial charge in [0.1, 0.15) is 18.2 Å². The highest BCUT2D eigenvalue weighted by molar-refractivity contribution is 6.04. The summed E-state index contributed by atoms with van der Waals surface area (Å²) in [7, 11) is 0. The predicted molar refractivity (Wildman–Crippen MR) is 129 cm³/mol. The number of aryl methyl sites for hydroxylation is 1. The van der Waals surface area contributed by atoms with Crippen molar-refractivity contribution in [1.82, 2.24) is 14.9 Å². The van der Waals surface area contributed by atoms with Gasteiger partial charge in [-0.3, -0.25) is 10.3 Å². The van der Waals surface area contributed by atoms with E-state index < -0.39 is 0 Å². The maximum atomic E-state index is 5.97. The maximum Gasteiger partial charge on any atom is 0.320 e. The number of aromatic nitrogens is 2. The fourth-order valence-corrected chi connectivity index (χ4v) is 4.21. The number of nitrogens with one attached hydrogen (secondary N) is 1. The first-order valence-corrected chi connectivity index (χ1v) is 12.0. The molecule has 0 unspecified atom stereocenters. The van der Waals surface area contributed by atoms with Crippen LogP contribution < -0.4 is 19.8 Å². The second-order valence-electron chi connectivity index (χ2n) is 8.56. The van der Waals surface area contributed by atoms with E-state index in [4.69, 9.17) is 24.0 Å². The van der Waals surface area contributed by atoms with Crippen LogP contribution in [0, 0.1) is 6.92 Å². The number of nitrogens with zero attached hydrogens (tertiary/aromatic N) is 5. The number of ether oxygens (including phenoxy) is 4. The molecule has 0 atom stereocenters. The van der Waals surface area contributed by atoms with E-state index in [1.165, 1.54) is 5.56 Å². The third-order valence-corrected chi connectivity index (χ3v) is 6.12. The third-order valence-electron chi connectivity index (χ3n) is 6.12. The van der Waals surface area contributed by atoms with Crippen molar-refractivity contribution in [1.29, 1.82) is 0 Å². The van der Waals surface area contributed by atoms with E-state index in [0.717, 1.165) is 75.2 Å². The smallest absolute Gasteiger partial charge is 0.320 e. The number of rotatable bonds is 7. The van der Waals surface area contributed by atoms with Gasteiger partial charge in [0.25, 0.3) is 0 Å². The summed E-state index contributed by atoms with van der Waals surface area (Å²) in [6.07, 6.45) is 0.730. The molecule has 0 bridgehead atoms. The van der Waals surface area contributed by atoms with Gasteiger partial charge in [0.15, 0.2) is 5.82 Å². The quantitative estimate of drug-likeness (QED) is 0.612. The number of anilines is 2. The van der Waals surface area contributed by atoms with Gasteiger partial charge in [0.2, 0.25) is 0 Å². The van der Waals surface area contributed by atoms with Gasteiger partial charge >= 0.3 is 6.01 Å². The zero-order chi connectivity index (χ0) is 23.2. The summed E-state index contributed by atoms with van der Waals surface area (Å²) in [4.78, 5) is 13.8. The molecule has 3 aliphatic heterocycles. The molecule has 0 radical (unpaired) electrons. The number of morpholine rings is 2. The Kier molecular flexibility index (Phi) is 7.37. The largest absolute Gasteiger partial charge is 0.492 e. The van der Waals surface area contributed by atoms with Crippen molar-refractivity contribution in [3.63, 3.8) is 0 Å². The minimum Gasteiger partial charge on any atom is -0.492 e. The van der Waals surface area contributed by atoms with Crippen molar-refractivity contribution in [2.24, 2.45) is 5.10 Å². The lowest BCUT2D eigenvalue weighted by atomic mass is 10.0. The van der Waals surface area contributed by atoms with Crippen LogP contribution in [-0.4, -0.2) is 92.9 Å². The molecule has 182 valence electrons. The molecule has 4 heterocycles. The van der Waals surface area contributed by atoms with Crippen LogP contribution in [-0.2, 0) is 9.47 Å². The molecule has 3 aliphatic rings. The molecule has 0 saturated carbocycles. The average Bonchev–Trinajstić information content (AvgIpc) is 2.88. The summed E-state index contributed by atoms with van der Waals surface area (Å²) in [6.45, 7) is 10.3. The molecule has 0 amide bonds. The summed E-state index contributed by atoms with van der Waals surface area (Å²) in [6, 6.07) is 8.42. The normalized spacial score (nSPS) is 20.0. The Labute approximate surface area is 199 Å². The Balaban J connectivity index is 1.33. The van der Waals surface area contributed by atoms with Gasteiger partial charge in [-0.25, -0.2) is 0 Å². The van der Waals surface area contributed by atoms with Crippen LogP contribution in [0.1, 0.15) is 17.5 Å². The molecule has 1 aromatic carbocycles. The Bertz CT molecular complexity index is 1000. The topological polar surface area (TPSA) is 93.6 Å². The summed E-state index contributed by atoms with van der Waals surface area (Å²) < 4.78 is 22.7. The van der Waals surface area contributed by atoms with Crippen molar-refractivity contribution in [2.75, 3.05) is 82.7 Å². The standard InChI is InChI=1S/C24H32N6O4/c1-18-2-3-21-19(16-18)20(4-10-33-21)27-28-22-17-23(30-8-13-32-14-9-30)26-24(25-22)34-15-7-29-5-11-31-12-6-29/h2-3,16-17H,4-15H2,1H3,(H,25,26,28)/b27-20-. The molecule has 2 aromatic rings. The molecule has 5 rings (SSSR count). The fourth-order valence-electron chi connectivity index (χ4n) is 4.21. The van der Waals surface area contributed by atoms with E-state index in [9.17, 15) is 0 Å². The molecule has 1 aromatic heterocycles. The first kappa shape index (κ1) is 22.8. The van der Waals surface area contributed by atoms with Gasteiger partial charge in [-0.05, 0) is 19.1 Å². The summed E-state index contributed by atoms with van der Waals surface area (Å²) in [5, 5.41) is 4.69. The van der Waals surface area contributed by atoms with E-state index in [0.29, 0.717) is 38.3 Å². The van der Waals surface area contributed by atoms with Gasteiger partial charge in [0.05, 0.1) is 38.7 Å². The highest BCUT2D eigenvalue weighted by atomic mass is 16.5. The lowest BCUT2D eigenvalue weighted by Gasteiger charge is -2.28. The van der Waals surface area contributed by atoms with Gasteiger partial charge in [0, 0.05) is 50.8 Å². The van der Waals surface area contributed by atoms with E-state index in [1.807, 2.05) is 12.1 Å². The molecule has 0 aliphatic carbocycles. The van der Waals surface area contributed by atoms with Crippen LogP contribution in [0.15, 0.2) is 29.4 Å². The summed E-state index contributed by atoms with van der Waals surface area (Å²) in [5.41, 5.74) is 6.29. The maximum absolute atomic E-state index is 5.97. The zero-order valence-electron chi connectivity index (χ0n) is 19.7. The third kappa shape index (κ3) is 5.75. The molecule has 0 spiro atoms. The second-order valence-corrected chi connectivity index (χ2v) is 8.56. The van der Waals surface area contributed by atoms with E-state index in [1.54, 1.807) is 0 Å². The van der Waals surface area contributed by atoms with Crippen LogP contribution in [0.2, 0.25) is 0 Å². The monoisotopic (exact) mass is 468 g/mol. The van der Waals surface area contributed by atoms with Crippen molar-refractivity contribution in [3.8, 4) is 11.8 Å². The molecule has 1 N–H and O–H groups in total. The number of hydrogen-bond donors (Lipinski definition) is 1.